The molecule has 1 saturated heterocycles. The Balaban J connectivity index is 2.08. The zero-order valence-electron chi connectivity index (χ0n) is 9.69. The molecule has 1 atom stereocenters. The predicted molar refractivity (Wildman–Crippen MR) is 67.9 cm³/mol. The lowest BCUT2D eigenvalue weighted by molar-refractivity contribution is 0.315. The lowest BCUT2D eigenvalue weighted by Gasteiger charge is -2.37. The average molecular weight is 226 g/mol. The van der Waals surface area contributed by atoms with Crippen LogP contribution in [0.3, 0.4) is 0 Å². The number of aromatic nitrogens is 1. The molecule has 1 aliphatic rings. The van der Waals surface area contributed by atoms with Crippen LogP contribution in [0.4, 0.5) is 0 Å². The molecule has 1 unspecified atom stereocenters. The number of aromatic amines is 1. The summed E-state index contributed by atoms with van der Waals surface area (Å²) in [6, 6.07) is 14.6. The first-order chi connectivity index (χ1) is 8.42. The fraction of sp³-hybridized carbons (Fsp3) is 0.286. The zero-order valence-corrected chi connectivity index (χ0v) is 9.69. The molecule has 0 amide bonds. The summed E-state index contributed by atoms with van der Waals surface area (Å²) < 4.78 is 0. The van der Waals surface area contributed by atoms with Crippen molar-refractivity contribution in [1.82, 2.24) is 15.6 Å². The molecule has 3 nitrogen and oxygen atoms in total. The summed E-state index contributed by atoms with van der Waals surface area (Å²) in [5, 5.41) is 8.33. The van der Waals surface area contributed by atoms with Gasteiger partial charge >= 0.3 is 0 Å². The van der Waals surface area contributed by atoms with E-state index in [0.717, 1.165) is 25.3 Å². The van der Waals surface area contributed by atoms with Crippen LogP contribution in [0.1, 0.15) is 11.3 Å². The van der Waals surface area contributed by atoms with Gasteiger partial charge in [-0.1, -0.05) is 30.3 Å². The number of benzene rings is 1. The minimum Gasteiger partial charge on any atom is -0.363 e. The predicted octanol–water partition coefficient (Wildman–Crippen LogP) is 1.47. The standard InChI is InChI=1S/C14H16N3/c1-2-5-12(6-3-1)14(11-15-9-10-17-14)13-7-4-8-16-13/h1-8,15-16H,9-11H2. The molecule has 87 valence electrons. The summed E-state index contributed by atoms with van der Waals surface area (Å²) in [5.74, 6) is 0. The van der Waals surface area contributed by atoms with Crippen LogP contribution < -0.4 is 10.6 Å². The van der Waals surface area contributed by atoms with E-state index in [0.29, 0.717) is 0 Å². The summed E-state index contributed by atoms with van der Waals surface area (Å²) in [5.41, 5.74) is 2.16. The molecule has 0 aliphatic carbocycles. The number of nitrogens with one attached hydrogen (secondary N) is 2. The Morgan fingerprint density at radius 3 is 2.59 bits per heavy atom. The van der Waals surface area contributed by atoms with E-state index in [1.807, 2.05) is 18.3 Å². The first kappa shape index (κ1) is 10.6. The highest BCUT2D eigenvalue weighted by Gasteiger charge is 2.37. The van der Waals surface area contributed by atoms with Gasteiger partial charge in [-0.15, -0.1) is 0 Å². The third-order valence-corrected chi connectivity index (χ3v) is 3.35. The molecule has 0 bridgehead atoms. The SMILES string of the molecule is c1ccc(C2(c3ccc[nH]3)CNCC[N]2)cc1. The molecule has 2 aromatic rings. The van der Waals surface area contributed by atoms with Gasteiger partial charge in [-0.3, -0.25) is 0 Å². The molecule has 0 spiro atoms. The minimum absolute atomic E-state index is 0.247. The van der Waals surface area contributed by atoms with Gasteiger partial charge in [0.2, 0.25) is 0 Å². The van der Waals surface area contributed by atoms with E-state index >= 15 is 0 Å². The Labute approximate surface area is 101 Å². The number of nitrogens with zero attached hydrogens (tertiary/aromatic N) is 1. The third-order valence-electron chi connectivity index (χ3n) is 3.35. The van der Waals surface area contributed by atoms with Crippen molar-refractivity contribution in [1.29, 1.82) is 0 Å². The molecule has 3 rings (SSSR count). The fourth-order valence-electron chi connectivity index (χ4n) is 2.48. The maximum absolute atomic E-state index is 4.88. The van der Waals surface area contributed by atoms with Gasteiger partial charge in [0, 0.05) is 31.5 Å². The van der Waals surface area contributed by atoms with Crippen LogP contribution in [0.2, 0.25) is 0 Å². The second-order valence-electron chi connectivity index (χ2n) is 4.37. The molecule has 1 aliphatic heterocycles. The lowest BCUT2D eigenvalue weighted by atomic mass is 9.85. The van der Waals surface area contributed by atoms with Crippen LogP contribution in [0.5, 0.6) is 0 Å². The molecule has 1 radical (unpaired) electrons. The van der Waals surface area contributed by atoms with Crippen LogP contribution in [-0.4, -0.2) is 24.6 Å². The maximum Gasteiger partial charge on any atom is 0.113 e. The number of rotatable bonds is 2. The second kappa shape index (κ2) is 4.35. The Morgan fingerprint density at radius 1 is 1.06 bits per heavy atom. The molecule has 3 heteroatoms. The van der Waals surface area contributed by atoms with Crippen molar-refractivity contribution in [2.45, 2.75) is 5.54 Å². The molecule has 2 heterocycles. The zero-order chi connectivity index (χ0) is 11.6. The van der Waals surface area contributed by atoms with E-state index < -0.39 is 0 Å². The Hall–Kier alpha value is -1.58. The minimum atomic E-state index is -0.247. The van der Waals surface area contributed by atoms with E-state index in [4.69, 9.17) is 5.32 Å². The van der Waals surface area contributed by atoms with Gasteiger partial charge in [0.05, 0.1) is 0 Å². The third kappa shape index (κ3) is 1.77. The second-order valence-corrected chi connectivity index (χ2v) is 4.37. The van der Waals surface area contributed by atoms with Gasteiger partial charge in [-0.2, -0.15) is 0 Å². The van der Waals surface area contributed by atoms with Gasteiger partial charge in [-0.05, 0) is 17.7 Å². The number of hydrogen-bond acceptors (Lipinski definition) is 1. The van der Waals surface area contributed by atoms with Crippen molar-refractivity contribution in [3.05, 3.63) is 59.9 Å². The van der Waals surface area contributed by atoms with Crippen molar-refractivity contribution in [2.75, 3.05) is 19.6 Å². The van der Waals surface area contributed by atoms with Gasteiger partial charge in [0.15, 0.2) is 0 Å². The quantitative estimate of drug-likeness (QED) is 0.800. The molecule has 1 aromatic carbocycles. The van der Waals surface area contributed by atoms with Crippen molar-refractivity contribution < 1.29 is 0 Å². The van der Waals surface area contributed by atoms with Gasteiger partial charge < -0.3 is 10.3 Å². The Bertz CT molecular complexity index is 455. The monoisotopic (exact) mass is 226 g/mol. The summed E-state index contributed by atoms with van der Waals surface area (Å²) in [6.45, 7) is 2.68. The normalized spacial score (nSPS) is 24.7. The number of piperazine rings is 1. The number of H-pyrrole nitrogens is 1. The molecule has 2 N–H and O–H groups in total. The Morgan fingerprint density at radius 2 is 1.94 bits per heavy atom. The van der Waals surface area contributed by atoms with Crippen molar-refractivity contribution in [3.8, 4) is 0 Å². The molecule has 0 saturated carbocycles. The van der Waals surface area contributed by atoms with E-state index in [1.54, 1.807) is 0 Å². The van der Waals surface area contributed by atoms with Crippen LogP contribution in [0.25, 0.3) is 0 Å². The van der Waals surface area contributed by atoms with E-state index in [2.05, 4.69) is 40.6 Å². The van der Waals surface area contributed by atoms with Crippen molar-refractivity contribution >= 4 is 0 Å². The van der Waals surface area contributed by atoms with E-state index in [1.165, 1.54) is 5.56 Å². The summed E-state index contributed by atoms with van der Waals surface area (Å²) in [6.07, 6.45) is 1.96. The van der Waals surface area contributed by atoms with Gasteiger partial charge in [0.25, 0.3) is 0 Å². The van der Waals surface area contributed by atoms with Gasteiger partial charge in [-0.25, -0.2) is 5.32 Å². The molecule has 1 aromatic heterocycles. The lowest BCUT2D eigenvalue weighted by Crippen LogP contribution is -2.53. The van der Waals surface area contributed by atoms with Crippen LogP contribution in [-0.2, 0) is 5.54 Å². The first-order valence-corrected chi connectivity index (χ1v) is 6.01. The fourth-order valence-corrected chi connectivity index (χ4v) is 2.48. The number of hydrogen-bond donors (Lipinski definition) is 2. The Kier molecular flexibility index (Phi) is 2.71. The first-order valence-electron chi connectivity index (χ1n) is 6.01. The molecular weight excluding hydrogens is 210 g/mol. The smallest absolute Gasteiger partial charge is 0.113 e. The van der Waals surface area contributed by atoms with Gasteiger partial charge in [0.1, 0.15) is 5.54 Å². The highest BCUT2D eigenvalue weighted by Crippen LogP contribution is 2.30. The topological polar surface area (TPSA) is 41.9 Å². The van der Waals surface area contributed by atoms with Crippen LogP contribution >= 0.6 is 0 Å². The average Bonchev–Trinajstić information content (AvgIpc) is 2.95. The van der Waals surface area contributed by atoms with Crippen molar-refractivity contribution in [2.24, 2.45) is 0 Å². The molecule has 1 fully saturated rings. The van der Waals surface area contributed by atoms with E-state index in [-0.39, 0.29) is 5.54 Å². The maximum atomic E-state index is 4.88. The van der Waals surface area contributed by atoms with Crippen LogP contribution in [0.15, 0.2) is 48.7 Å². The summed E-state index contributed by atoms with van der Waals surface area (Å²) in [7, 11) is 0. The highest BCUT2D eigenvalue weighted by atomic mass is 15.1. The van der Waals surface area contributed by atoms with E-state index in [9.17, 15) is 0 Å². The highest BCUT2D eigenvalue weighted by molar-refractivity contribution is 5.36. The molecular formula is C14H16N3. The summed E-state index contributed by atoms with van der Waals surface area (Å²) >= 11 is 0. The molecule has 17 heavy (non-hydrogen) atoms. The summed E-state index contributed by atoms with van der Waals surface area (Å²) in [4.78, 5) is 3.31. The van der Waals surface area contributed by atoms with Crippen LogP contribution in [0, 0.1) is 0 Å². The van der Waals surface area contributed by atoms with Crippen molar-refractivity contribution in [3.63, 3.8) is 0 Å². The largest absolute Gasteiger partial charge is 0.363 e.